The minimum Gasteiger partial charge on any atom is -0.487 e. The van der Waals surface area contributed by atoms with Crippen LogP contribution in [0, 0.1) is 5.92 Å². The molecule has 4 heterocycles. The molecule has 3 unspecified atom stereocenters. The van der Waals surface area contributed by atoms with Crippen LogP contribution in [0.1, 0.15) is 81.6 Å². The molecule has 0 aliphatic rings. The number of benzene rings is 4. The Balaban J connectivity index is 0.856. The zero-order chi connectivity index (χ0) is 50.5. The Hall–Kier alpha value is -7.98. The fourth-order valence-electron chi connectivity index (χ4n) is 7.44. The molecule has 0 bridgehead atoms. The predicted molar refractivity (Wildman–Crippen MR) is 250 cm³/mol. The van der Waals surface area contributed by atoms with Gasteiger partial charge < -0.3 is 28.2 Å². The van der Waals surface area contributed by atoms with E-state index in [1.807, 2.05) is 0 Å². The Bertz CT molecular complexity index is 3000. The molecule has 1 N–H and O–H groups in total. The zero-order valence-corrected chi connectivity index (χ0v) is 38.5. The molecule has 4 aromatic carbocycles. The van der Waals surface area contributed by atoms with Crippen LogP contribution < -0.4 is 14.2 Å². The highest BCUT2D eigenvalue weighted by Gasteiger charge is 2.33. The summed E-state index contributed by atoms with van der Waals surface area (Å²) in [7, 11) is 0. The normalized spacial score (nSPS) is 13.4. The Morgan fingerprint density at radius 2 is 1.24 bits per heavy atom. The second-order valence-electron chi connectivity index (χ2n) is 15.9. The van der Waals surface area contributed by atoms with Gasteiger partial charge in [0.05, 0.1) is 24.5 Å². The minimum absolute atomic E-state index is 0.0612. The predicted octanol–water partition coefficient (Wildman–Crippen LogP) is 11.5. The number of alkyl halides is 6. The number of aryl methyl sites for hydroxylation is 1. The summed E-state index contributed by atoms with van der Waals surface area (Å²) in [6.45, 7) is 0.550. The third-order valence-corrected chi connectivity index (χ3v) is 11.6. The van der Waals surface area contributed by atoms with Crippen molar-refractivity contribution in [2.45, 2.75) is 67.9 Å². The molecule has 3 atom stereocenters. The monoisotopic (exact) mass is 1010 g/mol. The van der Waals surface area contributed by atoms with Crippen LogP contribution in [-0.4, -0.2) is 62.7 Å². The Morgan fingerprint density at radius 1 is 0.681 bits per heavy atom. The van der Waals surface area contributed by atoms with Gasteiger partial charge in [0, 0.05) is 53.9 Å². The number of thioether (sulfide) groups is 1. The van der Waals surface area contributed by atoms with E-state index in [1.165, 1.54) is 55.1 Å². The number of hydrogen-bond acceptors (Lipinski definition) is 14. The summed E-state index contributed by atoms with van der Waals surface area (Å²) in [6, 6.07) is 24.4. The molecule has 0 fully saturated rings. The van der Waals surface area contributed by atoms with Crippen molar-refractivity contribution >= 4 is 41.8 Å². The molecule has 0 radical (unpaired) electrons. The average molecular weight is 1010 g/mol. The number of aromatic nitrogens is 8. The van der Waals surface area contributed by atoms with Crippen molar-refractivity contribution in [3.05, 3.63) is 180 Å². The molecular formula is C50H42F6N8O7S. The number of hydrogen-bond donors (Lipinski definition) is 1. The molecule has 0 amide bonds. The quantitative estimate of drug-likeness (QED) is 0.0363. The topological polar surface area (TPSA) is 178 Å². The van der Waals surface area contributed by atoms with Crippen LogP contribution >= 0.6 is 11.8 Å². The van der Waals surface area contributed by atoms with E-state index in [1.54, 1.807) is 113 Å². The molecular weight excluding hydrogens is 971 g/mol. The van der Waals surface area contributed by atoms with Crippen LogP contribution in [-0.2, 0) is 19.8 Å². The number of oxazole rings is 2. The van der Waals surface area contributed by atoms with E-state index in [0.29, 0.717) is 64.5 Å². The summed E-state index contributed by atoms with van der Waals surface area (Å²) in [4.78, 5) is 22.5. The highest BCUT2D eigenvalue weighted by Crippen LogP contribution is 2.39. The van der Waals surface area contributed by atoms with Crippen molar-refractivity contribution in [2.75, 3.05) is 0 Å². The number of Topliss-reactive ketones (excluding diaryl/α,β-unsaturated/α-hetero) is 1. The Kier molecular flexibility index (Phi) is 16.3. The number of rotatable bonds is 23. The lowest BCUT2D eigenvalue weighted by Gasteiger charge is -2.31. The van der Waals surface area contributed by atoms with E-state index < -0.39 is 29.9 Å². The first-order valence-electron chi connectivity index (χ1n) is 22.0. The summed E-state index contributed by atoms with van der Waals surface area (Å²) < 4.78 is 105. The standard InChI is InChI=1S/C50H42F6N8O7S/c51-49(52,53)71-41-11-1-33(2-12-41)5-21-46-59-37(31-69-46)29-67-39-13-7-35(8-14-39)45(65)20-19-44(64-28-25-58-62-64)43(23-26-63-27-24-57-61-63)48(66)36-9-15-40(16-10-36)68-30-38-32-70-47(60-38)22-6-34-3-17-42(18-4-34)72-50(54,55)56/h1-18,21-22,24-25,27-28,31-32,43-44,48,66H,19-20,23,26,29-30H2. The fourth-order valence-corrected chi connectivity index (χ4v) is 7.98. The molecule has 0 saturated carbocycles. The largest absolute Gasteiger partial charge is 0.573 e. The third-order valence-electron chi connectivity index (χ3n) is 10.9. The van der Waals surface area contributed by atoms with E-state index in [0.717, 1.165) is 0 Å². The lowest BCUT2D eigenvalue weighted by atomic mass is 9.83. The minimum atomic E-state index is -4.78. The summed E-state index contributed by atoms with van der Waals surface area (Å²) >= 11 is -0.181. The molecule has 72 heavy (non-hydrogen) atoms. The van der Waals surface area contributed by atoms with E-state index in [4.69, 9.17) is 18.3 Å². The van der Waals surface area contributed by atoms with Crippen molar-refractivity contribution in [2.24, 2.45) is 5.92 Å². The van der Waals surface area contributed by atoms with Crippen LogP contribution in [0.2, 0.25) is 0 Å². The molecule has 15 nitrogen and oxygen atoms in total. The Morgan fingerprint density at radius 3 is 1.78 bits per heavy atom. The van der Waals surface area contributed by atoms with Gasteiger partial charge in [0.2, 0.25) is 11.8 Å². The summed E-state index contributed by atoms with van der Waals surface area (Å²) in [5.74, 6) is 0.576. The maximum atomic E-state index is 13.7. The number of halogens is 6. The van der Waals surface area contributed by atoms with Gasteiger partial charge in [0.25, 0.3) is 0 Å². The van der Waals surface area contributed by atoms with E-state index in [9.17, 15) is 36.2 Å². The maximum absolute atomic E-state index is 13.7. The highest BCUT2D eigenvalue weighted by molar-refractivity contribution is 8.00. The number of ketones is 1. The first kappa shape index (κ1) is 50.4. The van der Waals surface area contributed by atoms with Crippen LogP contribution in [0.3, 0.4) is 0 Å². The smallest absolute Gasteiger partial charge is 0.487 e. The lowest BCUT2D eigenvalue weighted by molar-refractivity contribution is -0.274. The second-order valence-corrected chi connectivity index (χ2v) is 17.0. The van der Waals surface area contributed by atoms with Gasteiger partial charge in [-0.1, -0.05) is 46.8 Å². The molecule has 8 aromatic rings. The van der Waals surface area contributed by atoms with Crippen LogP contribution in [0.15, 0.2) is 148 Å². The van der Waals surface area contributed by atoms with Crippen molar-refractivity contribution in [3.63, 3.8) is 0 Å². The zero-order valence-electron chi connectivity index (χ0n) is 37.6. The number of ether oxygens (including phenoxy) is 3. The van der Waals surface area contributed by atoms with Gasteiger partial charge in [-0.3, -0.25) is 9.48 Å². The van der Waals surface area contributed by atoms with Gasteiger partial charge in [-0.25, -0.2) is 14.6 Å². The number of aliphatic hydroxyl groups is 1. The fraction of sp³-hybridized carbons (Fsp3) is 0.220. The number of nitrogens with zero attached hydrogens (tertiary/aromatic N) is 8. The van der Waals surface area contributed by atoms with Gasteiger partial charge in [0.15, 0.2) is 5.78 Å². The first-order chi connectivity index (χ1) is 34.7. The van der Waals surface area contributed by atoms with Crippen molar-refractivity contribution in [1.29, 1.82) is 0 Å². The lowest BCUT2D eigenvalue weighted by Crippen LogP contribution is -2.28. The van der Waals surface area contributed by atoms with Gasteiger partial charge >= 0.3 is 11.9 Å². The van der Waals surface area contributed by atoms with Gasteiger partial charge in [-0.15, -0.1) is 23.4 Å². The molecule has 8 rings (SSSR count). The van der Waals surface area contributed by atoms with E-state index >= 15 is 0 Å². The number of carbonyl (C=O) groups is 1. The summed E-state index contributed by atoms with van der Waals surface area (Å²) in [6.07, 6.45) is 10.9. The first-order valence-corrected chi connectivity index (χ1v) is 22.8. The van der Waals surface area contributed by atoms with Crippen LogP contribution in [0.25, 0.3) is 24.3 Å². The van der Waals surface area contributed by atoms with E-state index in [-0.39, 0.29) is 59.6 Å². The highest BCUT2D eigenvalue weighted by atomic mass is 32.2. The van der Waals surface area contributed by atoms with E-state index in [2.05, 4.69) is 35.3 Å². The summed E-state index contributed by atoms with van der Waals surface area (Å²) in [5, 5.41) is 28.4. The van der Waals surface area contributed by atoms with Crippen molar-refractivity contribution in [3.8, 4) is 17.2 Å². The molecule has 4 aromatic heterocycles. The molecule has 0 aliphatic heterocycles. The second kappa shape index (κ2) is 23.3. The SMILES string of the molecule is O=C(CCC(C(CCn1ccnn1)C(O)c1ccc(OCc2coc(C=Cc3ccc(SC(F)(F)F)cc3)n2)cc1)n1ccnn1)c1ccc(OCc2coc(C=Cc3ccc(OC(F)(F)F)cc3)n2)cc1. The third kappa shape index (κ3) is 15.0. The molecule has 0 aliphatic carbocycles. The Labute approximate surface area is 410 Å². The average Bonchev–Trinajstić information content (AvgIpc) is 4.23. The van der Waals surface area contributed by atoms with Crippen LogP contribution in [0.4, 0.5) is 26.3 Å². The molecule has 22 heteroatoms. The number of aliphatic hydroxyl groups excluding tert-OH is 1. The van der Waals surface area contributed by atoms with Crippen molar-refractivity contribution < 1.29 is 59.3 Å². The molecule has 0 saturated heterocycles. The van der Waals surface area contributed by atoms with Gasteiger partial charge in [-0.2, -0.15) is 13.2 Å². The molecule has 372 valence electrons. The van der Waals surface area contributed by atoms with Gasteiger partial charge in [0.1, 0.15) is 54.4 Å². The maximum Gasteiger partial charge on any atom is 0.573 e. The van der Waals surface area contributed by atoms with Gasteiger partial charge in [-0.05, 0) is 114 Å². The van der Waals surface area contributed by atoms with Crippen LogP contribution in [0.5, 0.6) is 17.2 Å². The summed E-state index contributed by atoms with van der Waals surface area (Å²) in [5.41, 5.74) is -1.06. The van der Waals surface area contributed by atoms with Crippen molar-refractivity contribution in [1.82, 2.24) is 40.0 Å². The number of carbonyl (C=O) groups excluding carboxylic acids is 1. The molecule has 0 spiro atoms.